The van der Waals surface area contributed by atoms with Crippen molar-refractivity contribution in [2.75, 3.05) is 26.1 Å². The standard InChI is InChI=1S/C31H26F2N4O7/c1-42-26-14-22-28(36-31(26)43-2)25(9-10-34-22)44-24-8-7-19(13-21(24)33)35-30(41)20-15-37(11-12-38)23(16-39)27(29(20)40)17-3-5-18(32)6-4-17/h3-10,13-15,38-39H,11-12,16H2,1-2H3,(H,35,41). The molecule has 13 heteroatoms. The molecule has 0 aliphatic carbocycles. The molecule has 0 radical (unpaired) electrons. The molecule has 11 nitrogen and oxygen atoms in total. The lowest BCUT2D eigenvalue weighted by atomic mass is 10.00. The molecule has 3 heterocycles. The highest BCUT2D eigenvalue weighted by Crippen LogP contribution is 2.35. The van der Waals surface area contributed by atoms with Crippen LogP contribution in [0.2, 0.25) is 0 Å². The molecule has 226 valence electrons. The summed E-state index contributed by atoms with van der Waals surface area (Å²) in [5, 5.41) is 22.0. The fraction of sp³-hybridized carbons (Fsp3) is 0.161. The second kappa shape index (κ2) is 12.9. The molecule has 44 heavy (non-hydrogen) atoms. The van der Waals surface area contributed by atoms with E-state index in [-0.39, 0.29) is 58.6 Å². The third-order valence-corrected chi connectivity index (χ3v) is 6.69. The number of aliphatic hydroxyl groups is 2. The van der Waals surface area contributed by atoms with Gasteiger partial charge >= 0.3 is 0 Å². The van der Waals surface area contributed by atoms with Gasteiger partial charge in [-0.05, 0) is 29.8 Å². The first-order valence-corrected chi connectivity index (χ1v) is 13.2. The minimum Gasteiger partial charge on any atom is -0.491 e. The third kappa shape index (κ3) is 5.91. The summed E-state index contributed by atoms with van der Waals surface area (Å²) in [6.07, 6.45) is 2.66. The summed E-state index contributed by atoms with van der Waals surface area (Å²) in [6, 6.07) is 11.8. The zero-order valence-corrected chi connectivity index (χ0v) is 23.5. The van der Waals surface area contributed by atoms with Crippen molar-refractivity contribution in [1.29, 1.82) is 0 Å². The normalized spacial score (nSPS) is 11.0. The molecule has 0 fully saturated rings. The highest BCUT2D eigenvalue weighted by molar-refractivity contribution is 6.04. The summed E-state index contributed by atoms with van der Waals surface area (Å²) in [5.41, 5.74) is 0.0271. The number of nitrogens with one attached hydrogen (secondary N) is 1. The Balaban J connectivity index is 1.45. The number of halogens is 2. The van der Waals surface area contributed by atoms with Gasteiger partial charge in [-0.2, -0.15) is 0 Å². The van der Waals surface area contributed by atoms with Gasteiger partial charge in [0, 0.05) is 42.8 Å². The van der Waals surface area contributed by atoms with Crippen molar-refractivity contribution < 1.29 is 38.0 Å². The quantitative estimate of drug-likeness (QED) is 0.213. The van der Waals surface area contributed by atoms with Crippen molar-refractivity contribution in [1.82, 2.24) is 14.5 Å². The van der Waals surface area contributed by atoms with E-state index in [0.29, 0.717) is 16.8 Å². The van der Waals surface area contributed by atoms with Crippen LogP contribution < -0.4 is 25.0 Å². The number of carbonyl (C=O) groups is 1. The van der Waals surface area contributed by atoms with Crippen molar-refractivity contribution in [3.8, 4) is 34.3 Å². The van der Waals surface area contributed by atoms with Gasteiger partial charge < -0.3 is 34.3 Å². The summed E-state index contributed by atoms with van der Waals surface area (Å²) < 4.78 is 46.4. The predicted molar refractivity (Wildman–Crippen MR) is 156 cm³/mol. The number of carbonyl (C=O) groups excluding carboxylic acids is 1. The van der Waals surface area contributed by atoms with Gasteiger partial charge in [0.25, 0.3) is 11.8 Å². The van der Waals surface area contributed by atoms with Crippen molar-refractivity contribution in [3.05, 3.63) is 100 Å². The Bertz CT molecular complexity index is 1910. The van der Waals surface area contributed by atoms with Crippen molar-refractivity contribution >= 4 is 22.6 Å². The van der Waals surface area contributed by atoms with Crippen LogP contribution in [0, 0.1) is 11.6 Å². The zero-order valence-electron chi connectivity index (χ0n) is 23.5. The number of amides is 1. The van der Waals surface area contributed by atoms with E-state index in [1.54, 1.807) is 6.07 Å². The molecule has 0 unspecified atom stereocenters. The van der Waals surface area contributed by atoms with Crippen LogP contribution >= 0.6 is 0 Å². The molecule has 3 N–H and O–H groups in total. The Morgan fingerprint density at radius 3 is 2.41 bits per heavy atom. The molecule has 1 amide bonds. The van der Waals surface area contributed by atoms with E-state index in [0.717, 1.165) is 18.2 Å². The number of benzene rings is 2. The van der Waals surface area contributed by atoms with E-state index in [1.807, 2.05) is 0 Å². The fourth-order valence-electron chi connectivity index (χ4n) is 4.62. The summed E-state index contributed by atoms with van der Waals surface area (Å²) >= 11 is 0. The Labute approximate surface area is 248 Å². The molecule has 3 aromatic heterocycles. The Morgan fingerprint density at radius 2 is 1.75 bits per heavy atom. The van der Waals surface area contributed by atoms with E-state index in [9.17, 15) is 24.2 Å². The van der Waals surface area contributed by atoms with E-state index >= 15 is 4.39 Å². The average Bonchev–Trinajstić information content (AvgIpc) is 3.02. The van der Waals surface area contributed by atoms with E-state index < -0.39 is 29.6 Å². The molecule has 5 aromatic rings. The fourth-order valence-corrected chi connectivity index (χ4v) is 4.62. The number of ether oxygens (including phenoxy) is 3. The lowest BCUT2D eigenvalue weighted by Crippen LogP contribution is -2.27. The van der Waals surface area contributed by atoms with Crippen LogP contribution in [0.25, 0.3) is 22.2 Å². The second-order valence-corrected chi connectivity index (χ2v) is 9.35. The Morgan fingerprint density at radius 1 is 0.977 bits per heavy atom. The summed E-state index contributed by atoms with van der Waals surface area (Å²) in [7, 11) is 2.88. The number of fused-ring (bicyclic) bond motifs is 1. The smallest absolute Gasteiger partial charge is 0.261 e. The van der Waals surface area contributed by atoms with Gasteiger partial charge in [-0.3, -0.25) is 14.6 Å². The highest BCUT2D eigenvalue weighted by Gasteiger charge is 2.22. The molecule has 0 saturated carbocycles. The van der Waals surface area contributed by atoms with Crippen LogP contribution in [0.5, 0.6) is 23.1 Å². The van der Waals surface area contributed by atoms with Crippen molar-refractivity contribution in [3.63, 3.8) is 0 Å². The van der Waals surface area contributed by atoms with Crippen LogP contribution in [0.3, 0.4) is 0 Å². The minimum atomic E-state index is -0.868. The second-order valence-electron chi connectivity index (χ2n) is 9.35. The van der Waals surface area contributed by atoms with E-state index in [2.05, 4.69) is 15.3 Å². The highest BCUT2D eigenvalue weighted by atomic mass is 19.1. The molecule has 0 saturated heterocycles. The van der Waals surface area contributed by atoms with Crippen LogP contribution in [-0.4, -0.2) is 51.5 Å². The number of anilines is 1. The largest absolute Gasteiger partial charge is 0.491 e. The SMILES string of the molecule is COc1cc2nccc(Oc3ccc(NC(=O)c4cn(CCO)c(CO)c(-c5ccc(F)cc5)c4=O)cc3F)c2nc1OC. The zero-order chi connectivity index (χ0) is 31.4. The summed E-state index contributed by atoms with van der Waals surface area (Å²) in [6.45, 7) is -0.975. The van der Waals surface area contributed by atoms with Gasteiger partial charge in [0.1, 0.15) is 16.9 Å². The number of pyridine rings is 3. The molecule has 0 atom stereocenters. The lowest BCUT2D eigenvalue weighted by molar-refractivity contribution is 0.102. The Hall–Kier alpha value is -5.40. The number of methoxy groups -OCH3 is 2. The molecule has 0 bridgehead atoms. The number of aliphatic hydroxyl groups excluding tert-OH is 2. The molecular formula is C31H26F2N4O7. The third-order valence-electron chi connectivity index (χ3n) is 6.69. The molecule has 0 aliphatic heterocycles. The molecule has 0 aliphatic rings. The maximum atomic E-state index is 15.2. The van der Waals surface area contributed by atoms with Crippen LogP contribution in [-0.2, 0) is 13.2 Å². The first kappa shape index (κ1) is 30.1. The summed E-state index contributed by atoms with van der Waals surface area (Å²) in [5.74, 6) is -1.68. The van der Waals surface area contributed by atoms with E-state index in [1.165, 1.54) is 61.5 Å². The maximum Gasteiger partial charge on any atom is 0.261 e. The Kier molecular flexibility index (Phi) is 8.78. The number of rotatable bonds is 10. The molecule has 0 spiro atoms. The van der Waals surface area contributed by atoms with Gasteiger partial charge in [-0.15, -0.1) is 0 Å². The molecule has 2 aromatic carbocycles. The van der Waals surface area contributed by atoms with Gasteiger partial charge in [-0.25, -0.2) is 13.8 Å². The first-order valence-electron chi connectivity index (χ1n) is 13.2. The number of hydrogen-bond donors (Lipinski definition) is 3. The van der Waals surface area contributed by atoms with Gasteiger partial charge in [0.2, 0.25) is 5.43 Å². The van der Waals surface area contributed by atoms with E-state index in [4.69, 9.17) is 14.2 Å². The first-order chi connectivity index (χ1) is 21.3. The van der Waals surface area contributed by atoms with Crippen LogP contribution in [0.4, 0.5) is 14.5 Å². The topological polar surface area (TPSA) is 145 Å². The predicted octanol–water partition coefficient (Wildman–Crippen LogP) is 4.28. The number of nitrogens with zero attached hydrogens (tertiary/aromatic N) is 3. The van der Waals surface area contributed by atoms with Crippen LogP contribution in [0.15, 0.2) is 71.8 Å². The van der Waals surface area contributed by atoms with Crippen molar-refractivity contribution in [2.24, 2.45) is 0 Å². The van der Waals surface area contributed by atoms with Crippen molar-refractivity contribution in [2.45, 2.75) is 13.2 Å². The molecular weight excluding hydrogens is 578 g/mol. The number of aromatic nitrogens is 3. The average molecular weight is 605 g/mol. The lowest BCUT2D eigenvalue weighted by Gasteiger charge is -2.18. The summed E-state index contributed by atoms with van der Waals surface area (Å²) in [4.78, 5) is 35.3. The van der Waals surface area contributed by atoms with Gasteiger partial charge in [0.15, 0.2) is 23.1 Å². The van der Waals surface area contributed by atoms with Gasteiger partial charge in [-0.1, -0.05) is 12.1 Å². The van der Waals surface area contributed by atoms with Gasteiger partial charge in [0.05, 0.1) is 44.2 Å². The molecule has 5 rings (SSSR count). The monoisotopic (exact) mass is 604 g/mol. The minimum absolute atomic E-state index is 0.0200. The number of hydrogen-bond acceptors (Lipinski definition) is 9. The van der Waals surface area contributed by atoms with Crippen LogP contribution in [0.1, 0.15) is 16.1 Å². The maximum absolute atomic E-state index is 15.2.